The van der Waals surface area contributed by atoms with E-state index in [1.165, 1.54) is 4.90 Å². The van der Waals surface area contributed by atoms with Crippen LogP contribution in [-0.2, 0) is 28.7 Å². The van der Waals surface area contributed by atoms with Crippen molar-refractivity contribution >= 4 is 35.1 Å². The van der Waals surface area contributed by atoms with Gasteiger partial charge in [-0.25, -0.2) is 9.59 Å². The molecule has 1 aromatic rings. The molecule has 0 atom stereocenters. The second-order valence-electron chi connectivity index (χ2n) is 5.95. The lowest BCUT2D eigenvalue weighted by Crippen LogP contribution is -2.59. The van der Waals surface area contributed by atoms with Crippen LogP contribution >= 0.6 is 0 Å². The first kappa shape index (κ1) is 19.2. The second kappa shape index (κ2) is 7.81. The summed E-state index contributed by atoms with van der Waals surface area (Å²) in [5.74, 6) is -2.45. The number of benzene rings is 1. The van der Waals surface area contributed by atoms with Gasteiger partial charge in [-0.1, -0.05) is 12.1 Å². The average molecular weight is 360 g/mol. The van der Waals surface area contributed by atoms with Crippen molar-refractivity contribution in [2.45, 2.75) is 26.3 Å². The van der Waals surface area contributed by atoms with Gasteiger partial charge in [0.2, 0.25) is 5.91 Å². The molecule has 0 saturated heterocycles. The van der Waals surface area contributed by atoms with Gasteiger partial charge in [0.05, 0.1) is 18.0 Å². The molecule has 1 aromatic carbocycles. The fraction of sp³-hybridized carbons (Fsp3) is 0.333. The molecule has 2 amide bonds. The highest BCUT2D eigenvalue weighted by Crippen LogP contribution is 2.36. The van der Waals surface area contributed by atoms with Gasteiger partial charge in [0, 0.05) is 12.2 Å². The van der Waals surface area contributed by atoms with E-state index < -0.39 is 30.0 Å². The van der Waals surface area contributed by atoms with Gasteiger partial charge in [-0.3, -0.25) is 14.5 Å². The van der Waals surface area contributed by atoms with Crippen LogP contribution in [-0.4, -0.2) is 42.5 Å². The smallest absolute Gasteiger partial charge is 0.331 e. The molecule has 1 aliphatic heterocycles. The number of amides is 2. The molecule has 8 heteroatoms. The van der Waals surface area contributed by atoms with Gasteiger partial charge in [-0.15, -0.1) is 0 Å². The summed E-state index contributed by atoms with van der Waals surface area (Å²) in [7, 11) is 0. The maximum Gasteiger partial charge on any atom is 0.331 e. The van der Waals surface area contributed by atoms with Crippen LogP contribution in [0.3, 0.4) is 0 Å². The first-order valence-electron chi connectivity index (χ1n) is 8.02. The molecule has 1 N–H and O–H groups in total. The van der Waals surface area contributed by atoms with E-state index in [1.807, 2.05) is 0 Å². The van der Waals surface area contributed by atoms with E-state index in [0.29, 0.717) is 11.4 Å². The molecule has 1 aliphatic rings. The van der Waals surface area contributed by atoms with Crippen LogP contribution in [0.4, 0.5) is 11.4 Å². The zero-order valence-corrected chi connectivity index (χ0v) is 14.8. The molecule has 138 valence electrons. The Bertz CT molecular complexity index is 769. The fourth-order valence-corrected chi connectivity index (χ4v) is 2.47. The molecule has 8 nitrogen and oxygen atoms in total. The van der Waals surface area contributed by atoms with Crippen LogP contribution in [0.2, 0.25) is 0 Å². The molecular formula is C18H20N2O6. The molecule has 0 saturated carbocycles. The van der Waals surface area contributed by atoms with Crippen LogP contribution < -0.4 is 10.2 Å². The monoisotopic (exact) mass is 360 g/mol. The Kier molecular flexibility index (Phi) is 5.76. The van der Waals surface area contributed by atoms with Crippen molar-refractivity contribution in [3.05, 3.63) is 36.4 Å². The van der Waals surface area contributed by atoms with Gasteiger partial charge < -0.3 is 14.8 Å². The summed E-state index contributed by atoms with van der Waals surface area (Å²) in [6.45, 7) is 4.44. The number of ether oxygens (including phenoxy) is 2. The second-order valence-corrected chi connectivity index (χ2v) is 5.95. The average Bonchev–Trinajstić information content (AvgIpc) is 2.59. The molecular weight excluding hydrogens is 340 g/mol. The summed E-state index contributed by atoms with van der Waals surface area (Å²) in [6, 6.07) is 6.84. The first-order valence-corrected chi connectivity index (χ1v) is 8.02. The van der Waals surface area contributed by atoms with E-state index in [-0.39, 0.29) is 12.5 Å². The number of carbonyl (C=O) groups excluding carboxylic acids is 4. The van der Waals surface area contributed by atoms with E-state index in [1.54, 1.807) is 45.0 Å². The number of esters is 2. The summed E-state index contributed by atoms with van der Waals surface area (Å²) < 4.78 is 9.51. The summed E-state index contributed by atoms with van der Waals surface area (Å²) in [5.41, 5.74) is -0.141. The lowest BCUT2D eigenvalue weighted by molar-refractivity contribution is -0.144. The minimum atomic E-state index is -1.15. The summed E-state index contributed by atoms with van der Waals surface area (Å²) in [4.78, 5) is 49.0. The molecule has 0 aromatic heterocycles. The number of anilines is 2. The predicted molar refractivity (Wildman–Crippen MR) is 93.4 cm³/mol. The van der Waals surface area contributed by atoms with Gasteiger partial charge in [0.1, 0.15) is 5.54 Å². The lowest BCUT2D eigenvalue weighted by Gasteiger charge is -2.41. The SMILES string of the molecule is CCOC(=O)/C=C/C(=O)OCC(=O)N1c2ccccc2NC(=O)C1(C)C. The van der Waals surface area contributed by atoms with Crippen molar-refractivity contribution in [2.24, 2.45) is 0 Å². The number of rotatable bonds is 5. The van der Waals surface area contributed by atoms with E-state index in [9.17, 15) is 19.2 Å². The first-order chi connectivity index (χ1) is 12.3. The number of nitrogens with one attached hydrogen (secondary N) is 1. The molecule has 0 unspecified atom stereocenters. The predicted octanol–water partition coefficient (Wildman–Crippen LogP) is 1.41. The van der Waals surface area contributed by atoms with E-state index in [4.69, 9.17) is 4.74 Å². The number of hydrogen-bond donors (Lipinski definition) is 1. The van der Waals surface area contributed by atoms with Crippen molar-refractivity contribution in [1.29, 1.82) is 0 Å². The number of nitrogens with zero attached hydrogens (tertiary/aromatic N) is 1. The normalized spacial score (nSPS) is 15.2. The minimum Gasteiger partial charge on any atom is -0.463 e. The number of para-hydroxylation sites is 2. The zero-order chi connectivity index (χ0) is 19.3. The summed E-state index contributed by atoms with van der Waals surface area (Å²) >= 11 is 0. The van der Waals surface area contributed by atoms with E-state index in [2.05, 4.69) is 10.1 Å². The van der Waals surface area contributed by atoms with Crippen LogP contribution in [0, 0.1) is 0 Å². The molecule has 2 rings (SSSR count). The van der Waals surface area contributed by atoms with Gasteiger partial charge in [-0.2, -0.15) is 0 Å². The van der Waals surface area contributed by atoms with Crippen LogP contribution in [0.5, 0.6) is 0 Å². The van der Waals surface area contributed by atoms with Crippen LogP contribution in [0.1, 0.15) is 20.8 Å². The topological polar surface area (TPSA) is 102 Å². The number of hydrogen-bond acceptors (Lipinski definition) is 6. The van der Waals surface area contributed by atoms with Gasteiger partial charge >= 0.3 is 11.9 Å². The molecule has 1 heterocycles. The van der Waals surface area contributed by atoms with Gasteiger partial charge in [0.15, 0.2) is 6.61 Å². The maximum absolute atomic E-state index is 12.6. The van der Waals surface area contributed by atoms with Crippen LogP contribution in [0.15, 0.2) is 36.4 Å². The van der Waals surface area contributed by atoms with Gasteiger partial charge in [0.25, 0.3) is 5.91 Å². The summed E-state index contributed by atoms with van der Waals surface area (Å²) in [6.07, 6.45) is 1.80. The Hall–Kier alpha value is -3.16. The van der Waals surface area contributed by atoms with Gasteiger partial charge in [-0.05, 0) is 32.9 Å². The van der Waals surface area contributed by atoms with E-state index in [0.717, 1.165) is 12.2 Å². The third kappa shape index (κ3) is 4.08. The third-order valence-corrected chi connectivity index (χ3v) is 3.74. The summed E-state index contributed by atoms with van der Waals surface area (Å²) in [5, 5.41) is 2.74. The largest absolute Gasteiger partial charge is 0.463 e. The third-order valence-electron chi connectivity index (χ3n) is 3.74. The maximum atomic E-state index is 12.6. The Morgan fingerprint density at radius 1 is 1.12 bits per heavy atom. The molecule has 0 fully saturated rings. The highest BCUT2D eigenvalue weighted by Gasteiger charge is 2.43. The van der Waals surface area contributed by atoms with Crippen molar-refractivity contribution in [3.8, 4) is 0 Å². The molecule has 0 bridgehead atoms. The Morgan fingerprint density at radius 2 is 1.73 bits per heavy atom. The quantitative estimate of drug-likeness (QED) is 0.629. The number of carbonyl (C=O) groups is 4. The molecule has 26 heavy (non-hydrogen) atoms. The Morgan fingerprint density at radius 3 is 2.38 bits per heavy atom. The lowest BCUT2D eigenvalue weighted by atomic mass is 9.96. The van der Waals surface area contributed by atoms with Crippen LogP contribution in [0.25, 0.3) is 0 Å². The van der Waals surface area contributed by atoms with Crippen molar-refractivity contribution < 1.29 is 28.7 Å². The standard InChI is InChI=1S/C18H20N2O6/c1-4-25-15(22)9-10-16(23)26-11-14(21)20-13-8-6-5-7-12(13)19-17(24)18(20,2)3/h5-10H,4,11H2,1-3H3,(H,19,24)/b10-9+. The van der Waals surface area contributed by atoms with Crippen molar-refractivity contribution in [3.63, 3.8) is 0 Å². The highest BCUT2D eigenvalue weighted by atomic mass is 16.5. The Labute approximate surface area is 150 Å². The van der Waals surface area contributed by atoms with Crippen molar-refractivity contribution in [1.82, 2.24) is 0 Å². The highest BCUT2D eigenvalue weighted by molar-refractivity contribution is 6.14. The van der Waals surface area contributed by atoms with Crippen molar-refractivity contribution in [2.75, 3.05) is 23.4 Å². The fourth-order valence-electron chi connectivity index (χ4n) is 2.47. The van der Waals surface area contributed by atoms with E-state index >= 15 is 0 Å². The number of fused-ring (bicyclic) bond motifs is 1. The molecule has 0 aliphatic carbocycles. The minimum absolute atomic E-state index is 0.183. The molecule has 0 spiro atoms. The molecule has 0 radical (unpaired) electrons. The Balaban J connectivity index is 2.09. The zero-order valence-electron chi connectivity index (χ0n) is 14.8.